The van der Waals surface area contributed by atoms with Crippen LogP contribution in [0.3, 0.4) is 0 Å². The van der Waals surface area contributed by atoms with Crippen molar-refractivity contribution >= 4 is 33.0 Å². The molecule has 3 aromatic heterocycles. The van der Waals surface area contributed by atoms with Crippen molar-refractivity contribution in [2.45, 2.75) is 31.6 Å². The van der Waals surface area contributed by atoms with Crippen LogP contribution in [-0.4, -0.2) is 14.5 Å². The van der Waals surface area contributed by atoms with Gasteiger partial charge < -0.3 is 14.0 Å². The van der Waals surface area contributed by atoms with Gasteiger partial charge in [0.15, 0.2) is 0 Å². The summed E-state index contributed by atoms with van der Waals surface area (Å²) in [5, 5.41) is 11.5. The number of hydrogen-bond donors (Lipinski definition) is 0. The molecule has 0 amide bonds. The van der Waals surface area contributed by atoms with Crippen LogP contribution in [0.15, 0.2) is 168 Å². The molecule has 0 fully saturated rings. The standard InChI is InChI=1S/C43H28N3O.C11H8N.Ir/c1-24(2)26-10-7-8-17-36(26)46-41-35(45-43(46)34-16-9-15-32-27-19-18-25(23-44)22-37(27)47-42(32)34)21-20-33-38-28-11-3-5-13-30(28)39(40(33)41)31-14-6-4-12-29(31)38;1-2-6-10(7-3-1)11-8-4-5-9-12-11;/h3-15,17-22,24,38-39H,1-2H3;1-6,8-9H;/q2*-1;. The summed E-state index contributed by atoms with van der Waals surface area (Å²) >= 11 is 0. The molecule has 289 valence electrons. The summed E-state index contributed by atoms with van der Waals surface area (Å²) < 4.78 is 8.95. The van der Waals surface area contributed by atoms with Crippen molar-refractivity contribution in [3.8, 4) is 34.4 Å². The Morgan fingerprint density at radius 2 is 1.40 bits per heavy atom. The van der Waals surface area contributed by atoms with E-state index in [9.17, 15) is 5.26 Å². The number of pyridine rings is 1. The number of benzene rings is 7. The van der Waals surface area contributed by atoms with Gasteiger partial charge in [-0.2, -0.15) is 5.26 Å². The fourth-order valence-electron chi connectivity index (χ4n) is 9.45. The number of imidazole rings is 1. The first-order chi connectivity index (χ1) is 29.1. The predicted octanol–water partition coefficient (Wildman–Crippen LogP) is 12.9. The Hall–Kier alpha value is -6.90. The molecule has 60 heavy (non-hydrogen) atoms. The van der Waals surface area contributed by atoms with Gasteiger partial charge >= 0.3 is 0 Å². The van der Waals surface area contributed by atoms with Gasteiger partial charge in [0, 0.05) is 49.2 Å². The smallest absolute Gasteiger partial charge is 0.122 e. The first-order valence-electron chi connectivity index (χ1n) is 20.1. The number of aromatic nitrogens is 3. The Morgan fingerprint density at radius 1 is 0.683 bits per heavy atom. The average Bonchev–Trinajstić information content (AvgIpc) is 3.88. The van der Waals surface area contributed by atoms with Crippen LogP contribution in [-0.2, 0) is 20.1 Å². The quantitative estimate of drug-likeness (QED) is 0.165. The monoisotopic (exact) mass is 949 g/mol. The third-order valence-electron chi connectivity index (χ3n) is 12.0. The number of nitriles is 1. The Kier molecular flexibility index (Phi) is 9.37. The van der Waals surface area contributed by atoms with E-state index >= 15 is 0 Å². The van der Waals surface area contributed by atoms with Gasteiger partial charge in [0.2, 0.25) is 0 Å². The van der Waals surface area contributed by atoms with Crippen LogP contribution in [0.4, 0.5) is 0 Å². The molecule has 0 saturated heterocycles. The largest absolute Gasteiger partial charge is 0.500 e. The van der Waals surface area contributed by atoms with E-state index in [0.717, 1.165) is 55.7 Å². The van der Waals surface area contributed by atoms with Crippen molar-refractivity contribution in [1.29, 1.82) is 5.26 Å². The van der Waals surface area contributed by atoms with Crippen molar-refractivity contribution in [2.24, 2.45) is 0 Å². The van der Waals surface area contributed by atoms with Gasteiger partial charge in [-0.05, 0) is 80.9 Å². The summed E-state index contributed by atoms with van der Waals surface area (Å²) in [7, 11) is 0. The predicted molar refractivity (Wildman–Crippen MR) is 235 cm³/mol. The molecule has 10 aromatic rings. The summed E-state index contributed by atoms with van der Waals surface area (Å²) in [5.41, 5.74) is 17.5. The molecule has 13 rings (SSSR count). The summed E-state index contributed by atoms with van der Waals surface area (Å²) in [5.74, 6) is 1.36. The average molecular weight is 949 g/mol. The van der Waals surface area contributed by atoms with Crippen molar-refractivity contribution < 1.29 is 24.5 Å². The molecule has 0 aliphatic heterocycles. The fourth-order valence-corrected chi connectivity index (χ4v) is 9.45. The Labute approximate surface area is 362 Å². The van der Waals surface area contributed by atoms with Gasteiger partial charge in [-0.15, -0.1) is 54.1 Å². The first-order valence-corrected chi connectivity index (χ1v) is 20.1. The maximum Gasteiger partial charge on any atom is 0.122 e. The Bertz CT molecular complexity index is 3200. The van der Waals surface area contributed by atoms with E-state index in [0.29, 0.717) is 17.1 Å². The van der Waals surface area contributed by atoms with Crippen molar-refractivity contribution in [3.05, 3.63) is 221 Å². The van der Waals surface area contributed by atoms with Gasteiger partial charge in [0.05, 0.1) is 34.1 Å². The second kappa shape index (κ2) is 15.0. The molecule has 7 aromatic carbocycles. The molecular formula is C54H36IrN4O-2. The minimum absolute atomic E-state index is 0. The third-order valence-corrected chi connectivity index (χ3v) is 12.0. The molecule has 0 saturated carbocycles. The molecule has 2 bridgehead atoms. The fraction of sp³-hybridized carbons (Fsp3) is 0.0926. The summed E-state index contributed by atoms with van der Waals surface area (Å²) in [6, 6.07) is 63.4. The second-order valence-corrected chi connectivity index (χ2v) is 15.6. The SMILES string of the molecule is CC(C)c1ccccc1-n1c(-c2[c-]ccc3c2oc2cc(C#N)ccc23)nc2ccc3c(c21)C1c2ccccc2C3c2ccccc21.[Ir].[c-]1ccccc1-c1ccccn1. The molecule has 3 heterocycles. The minimum Gasteiger partial charge on any atom is -0.500 e. The van der Waals surface area contributed by atoms with Gasteiger partial charge in [-0.3, -0.25) is 4.98 Å². The molecule has 6 heteroatoms. The molecule has 1 radical (unpaired) electrons. The summed E-state index contributed by atoms with van der Waals surface area (Å²) in [6.07, 6.45) is 1.79. The molecular weight excluding hydrogens is 913 g/mol. The Morgan fingerprint density at radius 3 is 2.10 bits per heavy atom. The van der Waals surface area contributed by atoms with Crippen molar-refractivity contribution in [2.75, 3.05) is 0 Å². The van der Waals surface area contributed by atoms with Gasteiger partial charge in [0.25, 0.3) is 0 Å². The van der Waals surface area contributed by atoms with Crippen LogP contribution in [0.1, 0.15) is 76.1 Å². The second-order valence-electron chi connectivity index (χ2n) is 15.6. The van der Waals surface area contributed by atoms with E-state index < -0.39 is 0 Å². The molecule has 3 aliphatic carbocycles. The number of nitrogens with zero attached hydrogens (tertiary/aromatic N) is 4. The van der Waals surface area contributed by atoms with Gasteiger partial charge in [-0.1, -0.05) is 116 Å². The van der Waals surface area contributed by atoms with E-state index in [1.807, 2.05) is 72.8 Å². The van der Waals surface area contributed by atoms with Crippen molar-refractivity contribution in [1.82, 2.24) is 14.5 Å². The van der Waals surface area contributed by atoms with E-state index in [-0.39, 0.29) is 31.9 Å². The van der Waals surface area contributed by atoms with E-state index in [2.05, 4.69) is 127 Å². The zero-order valence-corrected chi connectivity index (χ0v) is 35.2. The van der Waals surface area contributed by atoms with Crippen LogP contribution in [0.25, 0.3) is 61.3 Å². The third kappa shape index (κ3) is 5.85. The zero-order chi connectivity index (χ0) is 39.6. The molecule has 5 nitrogen and oxygen atoms in total. The van der Waals surface area contributed by atoms with E-state index in [1.54, 1.807) is 6.20 Å². The zero-order valence-electron chi connectivity index (χ0n) is 32.9. The normalized spacial score (nSPS) is 14.5. The van der Waals surface area contributed by atoms with Crippen LogP contribution < -0.4 is 0 Å². The van der Waals surface area contributed by atoms with Crippen LogP contribution in [0, 0.1) is 23.5 Å². The molecule has 0 atom stereocenters. The van der Waals surface area contributed by atoms with Gasteiger partial charge in [0.1, 0.15) is 5.58 Å². The van der Waals surface area contributed by atoms with Crippen LogP contribution in [0.5, 0.6) is 0 Å². The maximum absolute atomic E-state index is 9.57. The topological polar surface area (TPSA) is 67.6 Å². The molecule has 0 unspecified atom stereocenters. The van der Waals surface area contributed by atoms with Crippen LogP contribution in [0.2, 0.25) is 0 Å². The number of para-hydroxylation sites is 1. The first kappa shape index (κ1) is 37.4. The van der Waals surface area contributed by atoms with E-state index in [1.165, 1.54) is 38.9 Å². The van der Waals surface area contributed by atoms with Crippen molar-refractivity contribution in [3.63, 3.8) is 0 Å². The maximum atomic E-state index is 9.57. The van der Waals surface area contributed by atoms with Gasteiger partial charge in [-0.25, -0.2) is 0 Å². The summed E-state index contributed by atoms with van der Waals surface area (Å²) in [4.78, 5) is 9.65. The molecule has 3 aliphatic rings. The summed E-state index contributed by atoms with van der Waals surface area (Å²) in [6.45, 7) is 4.50. The number of furan rings is 1. The molecule has 0 spiro atoms. The number of fused-ring (bicyclic) bond motifs is 4. The van der Waals surface area contributed by atoms with E-state index in [4.69, 9.17) is 9.40 Å². The number of hydrogen-bond acceptors (Lipinski definition) is 4. The minimum atomic E-state index is 0. The Balaban J connectivity index is 0.000000287. The van der Waals surface area contributed by atoms with Crippen LogP contribution >= 0.6 is 0 Å². The number of rotatable bonds is 4. The molecule has 0 N–H and O–H groups in total.